The number of ether oxygens (including phenoxy) is 1. The summed E-state index contributed by atoms with van der Waals surface area (Å²) in [5.74, 6) is 0.195. The third-order valence-corrected chi connectivity index (χ3v) is 1.94. The number of aryl methyl sites for hydroxylation is 1. The van der Waals surface area contributed by atoms with Gasteiger partial charge in [0.05, 0.1) is 6.10 Å². The van der Waals surface area contributed by atoms with Crippen molar-refractivity contribution in [3.05, 3.63) is 29.3 Å². The van der Waals surface area contributed by atoms with Crippen molar-refractivity contribution in [1.29, 1.82) is 0 Å². The fraction of sp³-hybridized carbons (Fsp3) is 0.364. The van der Waals surface area contributed by atoms with Crippen LogP contribution in [0.2, 0.25) is 0 Å². The Labute approximate surface area is 88.7 Å². The van der Waals surface area contributed by atoms with Gasteiger partial charge in [-0.15, -0.1) is 0 Å². The average Bonchev–Trinajstić information content (AvgIpc) is 2.15. The molecule has 0 spiro atoms. The van der Waals surface area contributed by atoms with Crippen molar-refractivity contribution >= 4 is 5.91 Å². The van der Waals surface area contributed by atoms with Gasteiger partial charge in [-0.2, -0.15) is 0 Å². The minimum atomic E-state index is -0.514. The van der Waals surface area contributed by atoms with Gasteiger partial charge >= 0.3 is 0 Å². The maximum Gasteiger partial charge on any atom is 0.248 e. The van der Waals surface area contributed by atoms with Crippen LogP contribution in [0.15, 0.2) is 18.2 Å². The number of amides is 1. The Balaban J connectivity index is 2.79. The van der Waals surface area contributed by atoms with Gasteiger partial charge in [-0.25, -0.2) is 0 Å². The Hall–Kier alpha value is -1.55. The molecule has 0 aliphatic rings. The second-order valence-corrected chi connectivity index (χ2v) is 3.50. The van der Waals surface area contributed by atoms with Crippen molar-refractivity contribution in [2.45, 2.75) is 20.0 Å². The number of benzene rings is 1. The molecule has 0 saturated heterocycles. The second-order valence-electron chi connectivity index (χ2n) is 3.50. The van der Waals surface area contributed by atoms with E-state index in [-0.39, 0.29) is 6.61 Å². The molecule has 4 nitrogen and oxygen atoms in total. The maximum absolute atomic E-state index is 10.9. The number of aliphatic hydroxyl groups is 1. The lowest BCUT2D eigenvalue weighted by atomic mass is 10.1. The minimum absolute atomic E-state index is 0.233. The number of carbonyl (C=O) groups excluding carboxylic acids is 1. The van der Waals surface area contributed by atoms with Crippen LogP contribution in [-0.4, -0.2) is 23.7 Å². The quantitative estimate of drug-likeness (QED) is 0.772. The van der Waals surface area contributed by atoms with E-state index in [9.17, 15) is 4.79 Å². The van der Waals surface area contributed by atoms with Gasteiger partial charge < -0.3 is 15.6 Å². The largest absolute Gasteiger partial charge is 0.491 e. The van der Waals surface area contributed by atoms with E-state index in [2.05, 4.69) is 0 Å². The number of carbonyl (C=O) groups is 1. The van der Waals surface area contributed by atoms with Gasteiger partial charge in [0.1, 0.15) is 12.4 Å². The lowest BCUT2D eigenvalue weighted by molar-refractivity contribution is 0.0999. The van der Waals surface area contributed by atoms with Crippen LogP contribution in [0.3, 0.4) is 0 Å². The summed E-state index contributed by atoms with van der Waals surface area (Å²) >= 11 is 0. The lowest BCUT2D eigenvalue weighted by Gasteiger charge is -2.11. The first-order valence-corrected chi connectivity index (χ1v) is 4.72. The molecule has 0 aliphatic heterocycles. The Morgan fingerprint density at radius 1 is 1.60 bits per heavy atom. The highest BCUT2D eigenvalue weighted by molar-refractivity contribution is 5.93. The smallest absolute Gasteiger partial charge is 0.248 e. The summed E-state index contributed by atoms with van der Waals surface area (Å²) in [6.45, 7) is 3.70. The number of hydrogen-bond donors (Lipinski definition) is 2. The fourth-order valence-corrected chi connectivity index (χ4v) is 1.17. The molecule has 0 saturated carbocycles. The van der Waals surface area contributed by atoms with Crippen molar-refractivity contribution in [2.24, 2.45) is 5.73 Å². The Morgan fingerprint density at radius 2 is 2.27 bits per heavy atom. The fourth-order valence-electron chi connectivity index (χ4n) is 1.17. The summed E-state index contributed by atoms with van der Waals surface area (Å²) < 4.78 is 5.33. The molecule has 0 radical (unpaired) electrons. The molecule has 4 heteroatoms. The van der Waals surface area contributed by atoms with E-state index in [1.807, 2.05) is 6.92 Å². The van der Waals surface area contributed by atoms with Gasteiger partial charge in [0.2, 0.25) is 5.91 Å². The highest BCUT2D eigenvalue weighted by Crippen LogP contribution is 2.19. The standard InChI is InChI=1S/C11H15NO3/c1-7-5-9(11(12)14)3-4-10(7)15-6-8(2)13/h3-5,8,13H,6H2,1-2H3,(H2,12,14)/t8-/m1/s1. The minimum Gasteiger partial charge on any atom is -0.491 e. The molecule has 0 heterocycles. The zero-order chi connectivity index (χ0) is 11.4. The summed E-state index contributed by atoms with van der Waals surface area (Å²) in [5, 5.41) is 9.05. The van der Waals surface area contributed by atoms with E-state index in [0.29, 0.717) is 11.3 Å². The molecular formula is C11H15NO3. The van der Waals surface area contributed by atoms with Gasteiger partial charge in [-0.05, 0) is 37.6 Å². The lowest BCUT2D eigenvalue weighted by Crippen LogP contribution is -2.14. The van der Waals surface area contributed by atoms with Crippen LogP contribution in [0.1, 0.15) is 22.8 Å². The molecule has 1 rings (SSSR count). The van der Waals surface area contributed by atoms with E-state index in [0.717, 1.165) is 5.56 Å². The molecule has 1 atom stereocenters. The number of rotatable bonds is 4. The van der Waals surface area contributed by atoms with Gasteiger partial charge in [0.15, 0.2) is 0 Å². The van der Waals surface area contributed by atoms with Crippen molar-refractivity contribution in [3.63, 3.8) is 0 Å². The van der Waals surface area contributed by atoms with Crippen molar-refractivity contribution in [1.82, 2.24) is 0 Å². The van der Waals surface area contributed by atoms with Gasteiger partial charge in [0.25, 0.3) is 0 Å². The molecule has 0 aliphatic carbocycles. The molecular weight excluding hydrogens is 194 g/mol. The summed E-state index contributed by atoms with van der Waals surface area (Å²) in [5.41, 5.74) is 6.42. The first-order chi connectivity index (χ1) is 7.00. The Bertz CT molecular complexity index is 361. The molecule has 0 fully saturated rings. The molecule has 0 bridgehead atoms. The maximum atomic E-state index is 10.9. The van der Waals surface area contributed by atoms with Crippen LogP contribution < -0.4 is 10.5 Å². The van der Waals surface area contributed by atoms with Crippen molar-refractivity contribution < 1.29 is 14.6 Å². The van der Waals surface area contributed by atoms with E-state index in [1.54, 1.807) is 25.1 Å². The zero-order valence-electron chi connectivity index (χ0n) is 8.86. The third-order valence-electron chi connectivity index (χ3n) is 1.94. The summed E-state index contributed by atoms with van der Waals surface area (Å²) in [4.78, 5) is 10.9. The van der Waals surface area contributed by atoms with E-state index in [1.165, 1.54) is 0 Å². The molecule has 3 N–H and O–H groups in total. The summed E-state index contributed by atoms with van der Waals surface area (Å²) in [7, 11) is 0. The number of aliphatic hydroxyl groups excluding tert-OH is 1. The topological polar surface area (TPSA) is 72.6 Å². The van der Waals surface area contributed by atoms with Crippen LogP contribution in [0.25, 0.3) is 0 Å². The number of nitrogens with two attached hydrogens (primary N) is 1. The predicted molar refractivity (Wildman–Crippen MR) is 56.9 cm³/mol. The summed E-state index contributed by atoms with van der Waals surface area (Å²) in [6.07, 6.45) is -0.514. The molecule has 0 unspecified atom stereocenters. The number of hydrogen-bond acceptors (Lipinski definition) is 3. The molecule has 15 heavy (non-hydrogen) atoms. The summed E-state index contributed by atoms with van der Waals surface area (Å²) in [6, 6.07) is 4.95. The van der Waals surface area contributed by atoms with Crippen LogP contribution in [0.5, 0.6) is 5.75 Å². The SMILES string of the molecule is Cc1cc(C(N)=O)ccc1OC[C@@H](C)O. The van der Waals surface area contributed by atoms with E-state index < -0.39 is 12.0 Å². The highest BCUT2D eigenvalue weighted by Gasteiger charge is 2.05. The van der Waals surface area contributed by atoms with Crippen LogP contribution in [0, 0.1) is 6.92 Å². The Morgan fingerprint density at radius 3 is 2.73 bits per heavy atom. The molecule has 1 amide bonds. The van der Waals surface area contributed by atoms with Gasteiger partial charge in [0, 0.05) is 5.56 Å². The molecule has 1 aromatic rings. The van der Waals surface area contributed by atoms with E-state index in [4.69, 9.17) is 15.6 Å². The Kier molecular flexibility index (Phi) is 3.68. The van der Waals surface area contributed by atoms with E-state index >= 15 is 0 Å². The average molecular weight is 209 g/mol. The zero-order valence-corrected chi connectivity index (χ0v) is 8.86. The predicted octanol–water partition coefficient (Wildman–Crippen LogP) is 0.854. The molecule has 82 valence electrons. The normalized spacial score (nSPS) is 12.2. The third kappa shape index (κ3) is 3.25. The van der Waals surface area contributed by atoms with Crippen LogP contribution in [0.4, 0.5) is 0 Å². The monoisotopic (exact) mass is 209 g/mol. The van der Waals surface area contributed by atoms with Gasteiger partial charge in [-0.1, -0.05) is 0 Å². The molecule has 1 aromatic carbocycles. The van der Waals surface area contributed by atoms with Crippen LogP contribution >= 0.6 is 0 Å². The highest BCUT2D eigenvalue weighted by atomic mass is 16.5. The molecule has 0 aromatic heterocycles. The van der Waals surface area contributed by atoms with Crippen molar-refractivity contribution in [2.75, 3.05) is 6.61 Å². The van der Waals surface area contributed by atoms with Crippen LogP contribution in [-0.2, 0) is 0 Å². The second kappa shape index (κ2) is 4.79. The first-order valence-electron chi connectivity index (χ1n) is 4.72. The first kappa shape index (κ1) is 11.5. The van der Waals surface area contributed by atoms with Crippen molar-refractivity contribution in [3.8, 4) is 5.75 Å². The number of primary amides is 1. The van der Waals surface area contributed by atoms with Gasteiger partial charge in [-0.3, -0.25) is 4.79 Å².